The molecule has 0 atom stereocenters. The number of hydrogen-bond acceptors (Lipinski definition) is 6. The van der Waals surface area contributed by atoms with Crippen molar-refractivity contribution in [2.24, 2.45) is 0 Å². The van der Waals surface area contributed by atoms with E-state index in [2.05, 4.69) is 60.3 Å². The zero-order valence-electron chi connectivity index (χ0n) is 21.4. The van der Waals surface area contributed by atoms with E-state index < -0.39 is 0 Å². The van der Waals surface area contributed by atoms with Crippen molar-refractivity contribution in [1.82, 2.24) is 29.6 Å². The van der Waals surface area contributed by atoms with Crippen LogP contribution in [0.2, 0.25) is 0 Å². The minimum atomic E-state index is -0.176. The van der Waals surface area contributed by atoms with Gasteiger partial charge in [-0.15, -0.1) is 0 Å². The smallest absolute Gasteiger partial charge is 0.259 e. The van der Waals surface area contributed by atoms with Gasteiger partial charge in [0.2, 0.25) is 5.89 Å². The predicted molar refractivity (Wildman–Crippen MR) is 135 cm³/mol. The van der Waals surface area contributed by atoms with Crippen LogP contribution in [0.25, 0.3) is 5.65 Å². The molecular formula is C28H32N6O2. The van der Waals surface area contributed by atoms with Crippen LogP contribution >= 0.6 is 0 Å². The monoisotopic (exact) mass is 484 g/mol. The van der Waals surface area contributed by atoms with Crippen LogP contribution in [0, 0.1) is 20.8 Å². The molecule has 4 aromatic rings. The molecular weight excluding hydrogens is 452 g/mol. The Bertz CT molecular complexity index is 1460. The van der Waals surface area contributed by atoms with Gasteiger partial charge in [-0.25, -0.2) is 9.50 Å². The summed E-state index contributed by atoms with van der Waals surface area (Å²) in [6.07, 6.45) is 6.34. The SMILES string of the molecule is Cc1ccccc1Cc1c(C)nc2c(C(=O)N3CCC(C)(c4noc(C5CC5)n4)CC3)cnn2c1C. The number of carbonyl (C=O) groups is 1. The summed E-state index contributed by atoms with van der Waals surface area (Å²) in [7, 11) is 0. The summed E-state index contributed by atoms with van der Waals surface area (Å²) in [6, 6.07) is 8.41. The number of aromatic nitrogens is 5. The fourth-order valence-electron chi connectivity index (χ4n) is 5.29. The number of nitrogens with zero attached hydrogens (tertiary/aromatic N) is 6. The Morgan fingerprint density at radius 1 is 1.11 bits per heavy atom. The average Bonchev–Trinajstić information content (AvgIpc) is 3.43. The molecule has 0 N–H and O–H groups in total. The van der Waals surface area contributed by atoms with Gasteiger partial charge in [0, 0.05) is 42.2 Å². The number of carbonyl (C=O) groups excluding carboxylic acids is 1. The zero-order chi connectivity index (χ0) is 25.0. The van der Waals surface area contributed by atoms with E-state index >= 15 is 0 Å². The Hall–Kier alpha value is -3.55. The maximum absolute atomic E-state index is 13.6. The number of likely N-dealkylation sites (tertiary alicyclic amines) is 1. The van der Waals surface area contributed by atoms with E-state index in [1.807, 2.05) is 16.3 Å². The van der Waals surface area contributed by atoms with Crippen LogP contribution in [0.5, 0.6) is 0 Å². The second-order valence-corrected chi connectivity index (χ2v) is 10.7. The van der Waals surface area contributed by atoms with Crippen molar-refractivity contribution in [3.8, 4) is 0 Å². The van der Waals surface area contributed by atoms with Crippen molar-refractivity contribution in [2.75, 3.05) is 13.1 Å². The van der Waals surface area contributed by atoms with Crippen LogP contribution in [-0.2, 0) is 11.8 Å². The fraction of sp³-hybridized carbons (Fsp3) is 0.464. The molecule has 0 spiro atoms. The van der Waals surface area contributed by atoms with Crippen LogP contribution in [0.4, 0.5) is 0 Å². The third kappa shape index (κ3) is 3.88. The molecule has 0 bridgehead atoms. The molecule has 186 valence electrons. The van der Waals surface area contributed by atoms with Gasteiger partial charge in [0.25, 0.3) is 5.91 Å². The van der Waals surface area contributed by atoms with Crippen LogP contribution in [-0.4, -0.2) is 48.6 Å². The molecule has 2 aliphatic rings. The van der Waals surface area contributed by atoms with Gasteiger partial charge in [0.1, 0.15) is 5.56 Å². The number of aryl methyl sites for hydroxylation is 3. The highest BCUT2D eigenvalue weighted by Gasteiger charge is 2.39. The molecule has 8 nitrogen and oxygen atoms in total. The minimum Gasteiger partial charge on any atom is -0.339 e. The number of fused-ring (bicyclic) bond motifs is 1. The lowest BCUT2D eigenvalue weighted by Crippen LogP contribution is -2.44. The summed E-state index contributed by atoms with van der Waals surface area (Å²) in [4.78, 5) is 25.0. The molecule has 1 amide bonds. The third-order valence-corrected chi connectivity index (χ3v) is 8.13. The summed E-state index contributed by atoms with van der Waals surface area (Å²) in [6.45, 7) is 9.67. The van der Waals surface area contributed by atoms with E-state index in [-0.39, 0.29) is 11.3 Å². The van der Waals surface area contributed by atoms with Crippen molar-refractivity contribution in [2.45, 2.75) is 71.1 Å². The number of benzene rings is 1. The lowest BCUT2D eigenvalue weighted by atomic mass is 9.79. The molecule has 1 aliphatic carbocycles. The molecule has 4 heterocycles. The lowest BCUT2D eigenvalue weighted by molar-refractivity contribution is 0.0671. The molecule has 2 fully saturated rings. The van der Waals surface area contributed by atoms with E-state index in [0.29, 0.717) is 30.2 Å². The van der Waals surface area contributed by atoms with Crippen LogP contribution < -0.4 is 0 Å². The molecule has 6 rings (SSSR count). The van der Waals surface area contributed by atoms with Crippen LogP contribution in [0.1, 0.15) is 88.7 Å². The van der Waals surface area contributed by atoms with Gasteiger partial charge >= 0.3 is 0 Å². The highest BCUT2D eigenvalue weighted by atomic mass is 16.5. The largest absolute Gasteiger partial charge is 0.339 e. The van der Waals surface area contributed by atoms with E-state index in [1.54, 1.807) is 6.20 Å². The molecule has 1 saturated carbocycles. The molecule has 1 aliphatic heterocycles. The number of amides is 1. The second-order valence-electron chi connectivity index (χ2n) is 10.7. The Kier molecular flexibility index (Phi) is 5.43. The Morgan fingerprint density at radius 2 is 1.86 bits per heavy atom. The van der Waals surface area contributed by atoms with Crippen molar-refractivity contribution < 1.29 is 9.32 Å². The van der Waals surface area contributed by atoms with Gasteiger partial charge in [0.05, 0.1) is 6.20 Å². The summed E-state index contributed by atoms with van der Waals surface area (Å²) >= 11 is 0. The average molecular weight is 485 g/mol. The first kappa shape index (κ1) is 22.9. The van der Waals surface area contributed by atoms with Crippen molar-refractivity contribution in [1.29, 1.82) is 0 Å². The van der Waals surface area contributed by atoms with Crippen LogP contribution in [0.15, 0.2) is 35.0 Å². The van der Waals surface area contributed by atoms with Gasteiger partial charge in [-0.2, -0.15) is 10.1 Å². The molecule has 0 unspecified atom stereocenters. The van der Waals surface area contributed by atoms with Gasteiger partial charge in [-0.1, -0.05) is 36.3 Å². The summed E-state index contributed by atoms with van der Waals surface area (Å²) in [5.74, 6) is 1.98. The number of rotatable bonds is 5. The molecule has 8 heteroatoms. The van der Waals surface area contributed by atoms with Gasteiger partial charge < -0.3 is 9.42 Å². The fourth-order valence-corrected chi connectivity index (χ4v) is 5.29. The van der Waals surface area contributed by atoms with Crippen molar-refractivity contribution in [3.63, 3.8) is 0 Å². The molecule has 1 aromatic carbocycles. The standard InChI is InChI=1S/C28H32N6O2/c1-17-7-5-6-8-21(17)15-22-18(2)30-24-23(16-29-34(24)19(22)3)26(35)33-13-11-28(4,12-14-33)27-31-25(36-32-27)20-9-10-20/h5-8,16,20H,9-15H2,1-4H3. The predicted octanol–water partition coefficient (Wildman–Crippen LogP) is 4.70. The molecule has 3 aromatic heterocycles. The Labute approximate surface area is 210 Å². The maximum atomic E-state index is 13.6. The summed E-state index contributed by atoms with van der Waals surface area (Å²) < 4.78 is 7.32. The summed E-state index contributed by atoms with van der Waals surface area (Å²) in [5.41, 5.74) is 6.65. The first-order valence-electron chi connectivity index (χ1n) is 12.9. The van der Waals surface area contributed by atoms with Gasteiger partial charge in [0.15, 0.2) is 11.5 Å². The first-order valence-corrected chi connectivity index (χ1v) is 12.9. The van der Waals surface area contributed by atoms with E-state index in [1.165, 1.54) is 11.1 Å². The maximum Gasteiger partial charge on any atom is 0.259 e. The molecule has 0 radical (unpaired) electrons. The number of hydrogen-bond donors (Lipinski definition) is 0. The van der Waals surface area contributed by atoms with Gasteiger partial charge in [-0.3, -0.25) is 4.79 Å². The highest BCUT2D eigenvalue weighted by molar-refractivity contribution is 5.99. The number of piperidine rings is 1. The highest BCUT2D eigenvalue weighted by Crippen LogP contribution is 2.41. The van der Waals surface area contributed by atoms with Crippen LogP contribution in [0.3, 0.4) is 0 Å². The second kappa shape index (κ2) is 8.54. The first-order chi connectivity index (χ1) is 17.3. The zero-order valence-corrected chi connectivity index (χ0v) is 21.4. The molecule has 1 saturated heterocycles. The van der Waals surface area contributed by atoms with E-state index in [4.69, 9.17) is 9.51 Å². The topological polar surface area (TPSA) is 89.4 Å². The summed E-state index contributed by atoms with van der Waals surface area (Å²) in [5, 5.41) is 8.86. The minimum absolute atomic E-state index is 0.0169. The lowest BCUT2D eigenvalue weighted by Gasteiger charge is -2.37. The quantitative estimate of drug-likeness (QED) is 0.408. The van der Waals surface area contributed by atoms with E-state index in [9.17, 15) is 4.79 Å². The third-order valence-electron chi connectivity index (χ3n) is 8.13. The van der Waals surface area contributed by atoms with E-state index in [0.717, 1.165) is 60.8 Å². The molecule has 36 heavy (non-hydrogen) atoms. The van der Waals surface area contributed by atoms with Crippen molar-refractivity contribution >= 4 is 11.6 Å². The van der Waals surface area contributed by atoms with Crippen molar-refractivity contribution in [3.05, 3.63) is 75.8 Å². The Balaban J connectivity index is 1.22. The normalized spacial score (nSPS) is 17.6. The Morgan fingerprint density at radius 3 is 2.58 bits per heavy atom. The van der Waals surface area contributed by atoms with Gasteiger partial charge in [-0.05, 0) is 63.1 Å².